The molecule has 1 aromatic carbocycles. The number of aromatic nitrogens is 4. The number of hydrogen-bond acceptors (Lipinski definition) is 7. The predicted octanol–water partition coefficient (Wildman–Crippen LogP) is 2.47. The Morgan fingerprint density at radius 2 is 1.59 bits per heavy atom. The van der Waals surface area contributed by atoms with Crippen molar-refractivity contribution in [2.45, 2.75) is 19.4 Å². The molecule has 2 fully saturated rings. The van der Waals surface area contributed by atoms with Crippen molar-refractivity contribution in [3.63, 3.8) is 0 Å². The largest absolute Gasteiger partial charge is 0.396 e. The van der Waals surface area contributed by atoms with Crippen LogP contribution in [0, 0.1) is 17.6 Å². The zero-order chi connectivity index (χ0) is 23.5. The normalized spacial score (nSPS) is 18.0. The zero-order valence-corrected chi connectivity index (χ0v) is 19.0. The summed E-state index contributed by atoms with van der Waals surface area (Å²) in [4.78, 5) is 16.2. The fourth-order valence-corrected chi connectivity index (χ4v) is 4.71. The van der Waals surface area contributed by atoms with Crippen molar-refractivity contribution in [2.75, 3.05) is 55.7 Å². The average Bonchev–Trinajstić information content (AvgIpc) is 3.34. The lowest BCUT2D eigenvalue weighted by atomic mass is 9.98. The lowest BCUT2D eigenvalue weighted by Gasteiger charge is -2.38. The van der Waals surface area contributed by atoms with Crippen molar-refractivity contribution in [3.05, 3.63) is 60.2 Å². The van der Waals surface area contributed by atoms with E-state index in [-0.39, 0.29) is 12.3 Å². The molecule has 8 nitrogen and oxygen atoms in total. The van der Waals surface area contributed by atoms with Gasteiger partial charge in [0.1, 0.15) is 17.3 Å². The van der Waals surface area contributed by atoms with Gasteiger partial charge in [0.2, 0.25) is 0 Å². The first-order chi connectivity index (χ1) is 16.6. The molecule has 0 atom stereocenters. The Kier molecular flexibility index (Phi) is 6.68. The maximum Gasteiger partial charge on any atom is 0.172 e. The van der Waals surface area contributed by atoms with Gasteiger partial charge in [-0.05, 0) is 30.9 Å². The van der Waals surface area contributed by atoms with E-state index >= 15 is 0 Å². The van der Waals surface area contributed by atoms with E-state index in [0.29, 0.717) is 12.5 Å². The topological polar surface area (TPSA) is 73.6 Å². The maximum absolute atomic E-state index is 14.1. The van der Waals surface area contributed by atoms with Crippen LogP contribution in [0.15, 0.2) is 43.0 Å². The van der Waals surface area contributed by atoms with Gasteiger partial charge in [0.25, 0.3) is 0 Å². The summed E-state index contributed by atoms with van der Waals surface area (Å²) in [5, 5.41) is 13.6. The van der Waals surface area contributed by atoms with E-state index in [0.717, 1.165) is 87.5 Å². The molecule has 2 aromatic heterocycles. The molecule has 5 rings (SSSR count). The van der Waals surface area contributed by atoms with Gasteiger partial charge in [0.15, 0.2) is 11.6 Å². The number of piperazine rings is 1. The second-order valence-corrected chi connectivity index (χ2v) is 8.97. The third kappa shape index (κ3) is 4.88. The van der Waals surface area contributed by atoms with Gasteiger partial charge < -0.3 is 14.9 Å². The molecule has 0 radical (unpaired) electrons. The number of anilines is 2. The SMILES string of the molecule is OCC1CCN(c2nccnc2N2CCN(Cc3cnn(-c4cc(F)ccc4F)c3)CC2)CC1. The van der Waals surface area contributed by atoms with Crippen molar-refractivity contribution >= 4 is 11.6 Å². The molecule has 4 heterocycles. The Morgan fingerprint density at radius 1 is 0.912 bits per heavy atom. The summed E-state index contributed by atoms with van der Waals surface area (Å²) in [5.41, 5.74) is 1.05. The molecule has 34 heavy (non-hydrogen) atoms. The number of aliphatic hydroxyl groups excluding tert-OH is 1. The Morgan fingerprint density at radius 3 is 2.26 bits per heavy atom. The lowest BCUT2D eigenvalue weighted by Crippen LogP contribution is -2.47. The molecule has 3 aromatic rings. The summed E-state index contributed by atoms with van der Waals surface area (Å²) in [5.74, 6) is 1.21. The molecule has 0 saturated carbocycles. The van der Waals surface area contributed by atoms with Crippen LogP contribution in [-0.2, 0) is 6.54 Å². The van der Waals surface area contributed by atoms with Crippen molar-refractivity contribution in [1.82, 2.24) is 24.6 Å². The molecule has 0 spiro atoms. The monoisotopic (exact) mass is 469 g/mol. The Labute approximate surface area is 197 Å². The fraction of sp³-hybridized carbons (Fsp3) is 0.458. The van der Waals surface area contributed by atoms with Crippen LogP contribution < -0.4 is 9.80 Å². The Bertz CT molecular complexity index is 1110. The van der Waals surface area contributed by atoms with Crippen LogP contribution in [0.2, 0.25) is 0 Å². The first-order valence-electron chi connectivity index (χ1n) is 11.7. The smallest absolute Gasteiger partial charge is 0.172 e. The second kappa shape index (κ2) is 10.0. The standard InChI is InChI=1S/C24H29F2N7O/c25-20-1-2-21(26)22(13-20)33-16-19(14-29-33)15-30-9-11-32(12-10-30)24-23(27-5-6-28-24)31-7-3-18(17-34)4-8-31/h1-2,5-6,13-14,16,18,34H,3-4,7-12,15,17H2. The molecular weight excluding hydrogens is 440 g/mol. The third-order valence-corrected chi connectivity index (χ3v) is 6.70. The number of piperidine rings is 1. The van der Waals surface area contributed by atoms with Crippen LogP contribution in [0.25, 0.3) is 5.69 Å². The average molecular weight is 470 g/mol. The van der Waals surface area contributed by atoms with Crippen LogP contribution in [0.3, 0.4) is 0 Å². The van der Waals surface area contributed by atoms with E-state index in [1.807, 2.05) is 0 Å². The van der Waals surface area contributed by atoms with Crippen LogP contribution in [0.4, 0.5) is 20.4 Å². The van der Waals surface area contributed by atoms with Crippen molar-refractivity contribution in [3.8, 4) is 5.69 Å². The van der Waals surface area contributed by atoms with Crippen LogP contribution in [-0.4, -0.2) is 75.6 Å². The summed E-state index contributed by atoms with van der Waals surface area (Å²) >= 11 is 0. The predicted molar refractivity (Wildman–Crippen MR) is 125 cm³/mol. The van der Waals surface area contributed by atoms with Gasteiger partial charge in [-0.1, -0.05) is 0 Å². The molecule has 10 heteroatoms. The number of benzene rings is 1. The first-order valence-corrected chi connectivity index (χ1v) is 11.7. The minimum Gasteiger partial charge on any atom is -0.396 e. The highest BCUT2D eigenvalue weighted by molar-refractivity contribution is 5.62. The number of rotatable bonds is 6. The van der Waals surface area contributed by atoms with Gasteiger partial charge in [-0.25, -0.2) is 23.4 Å². The van der Waals surface area contributed by atoms with Crippen LogP contribution in [0.5, 0.6) is 0 Å². The van der Waals surface area contributed by atoms with Crippen LogP contribution >= 0.6 is 0 Å². The highest BCUT2D eigenvalue weighted by Gasteiger charge is 2.26. The van der Waals surface area contributed by atoms with Crippen molar-refractivity contribution in [2.24, 2.45) is 5.92 Å². The van der Waals surface area contributed by atoms with E-state index in [9.17, 15) is 13.9 Å². The van der Waals surface area contributed by atoms with E-state index in [2.05, 4.69) is 29.8 Å². The molecule has 0 bridgehead atoms. The van der Waals surface area contributed by atoms with Gasteiger partial charge in [-0.2, -0.15) is 5.10 Å². The second-order valence-electron chi connectivity index (χ2n) is 8.97. The van der Waals surface area contributed by atoms with Gasteiger partial charge >= 0.3 is 0 Å². The van der Waals surface area contributed by atoms with E-state index in [1.54, 1.807) is 24.8 Å². The number of hydrogen-bond donors (Lipinski definition) is 1. The number of halogens is 2. The highest BCUT2D eigenvalue weighted by atomic mass is 19.1. The molecule has 0 amide bonds. The van der Waals surface area contributed by atoms with Gasteiger partial charge in [0, 0.05) is 82.6 Å². The van der Waals surface area contributed by atoms with Crippen molar-refractivity contribution in [1.29, 1.82) is 0 Å². The summed E-state index contributed by atoms with van der Waals surface area (Å²) in [6, 6.07) is 3.36. The lowest BCUT2D eigenvalue weighted by molar-refractivity contribution is 0.202. The Hall–Kier alpha value is -3.11. The molecule has 2 aliphatic heterocycles. The molecule has 180 valence electrons. The molecular formula is C24H29F2N7O. The van der Waals surface area contributed by atoms with Gasteiger partial charge in [-0.3, -0.25) is 4.90 Å². The summed E-state index contributed by atoms with van der Waals surface area (Å²) in [6.07, 6.45) is 8.87. The van der Waals surface area contributed by atoms with E-state index in [4.69, 9.17) is 0 Å². The van der Waals surface area contributed by atoms with Gasteiger partial charge in [-0.15, -0.1) is 0 Å². The van der Waals surface area contributed by atoms with Crippen molar-refractivity contribution < 1.29 is 13.9 Å². The first kappa shape index (κ1) is 22.7. The molecule has 0 aliphatic carbocycles. The molecule has 1 N–H and O–H groups in total. The summed E-state index contributed by atoms with van der Waals surface area (Å²) < 4.78 is 29.0. The zero-order valence-electron chi connectivity index (χ0n) is 19.0. The molecule has 0 unspecified atom stereocenters. The summed E-state index contributed by atoms with van der Waals surface area (Å²) in [6.45, 7) is 6.05. The highest BCUT2D eigenvalue weighted by Crippen LogP contribution is 2.29. The van der Waals surface area contributed by atoms with E-state index < -0.39 is 11.6 Å². The number of nitrogens with zero attached hydrogens (tertiary/aromatic N) is 7. The van der Waals surface area contributed by atoms with E-state index in [1.165, 1.54) is 4.68 Å². The molecule has 2 aliphatic rings. The maximum atomic E-state index is 14.1. The van der Waals surface area contributed by atoms with Crippen LogP contribution in [0.1, 0.15) is 18.4 Å². The Balaban J connectivity index is 1.20. The number of aliphatic hydroxyl groups is 1. The minimum atomic E-state index is -0.509. The minimum absolute atomic E-state index is 0.106. The third-order valence-electron chi connectivity index (χ3n) is 6.70. The summed E-state index contributed by atoms with van der Waals surface area (Å²) in [7, 11) is 0. The fourth-order valence-electron chi connectivity index (χ4n) is 4.71. The quantitative estimate of drug-likeness (QED) is 0.595. The molecule has 2 saturated heterocycles. The van der Waals surface area contributed by atoms with Gasteiger partial charge in [0.05, 0.1) is 6.20 Å².